The summed E-state index contributed by atoms with van der Waals surface area (Å²) in [6, 6.07) is 18.8. The summed E-state index contributed by atoms with van der Waals surface area (Å²) < 4.78 is 38.7. The first-order chi connectivity index (χ1) is 17.2. The first kappa shape index (κ1) is 27.1. The minimum Gasteiger partial charge on any atom is -0.493 e. The molecule has 1 amide bonds. The Bertz CT molecular complexity index is 1340. The van der Waals surface area contributed by atoms with Gasteiger partial charge in [-0.2, -0.15) is 5.10 Å². The van der Waals surface area contributed by atoms with E-state index in [1.807, 2.05) is 13.2 Å². The number of thioether (sulfide) groups is 1. The van der Waals surface area contributed by atoms with E-state index < -0.39 is 22.5 Å². The van der Waals surface area contributed by atoms with Gasteiger partial charge in [0, 0.05) is 10.5 Å². The van der Waals surface area contributed by atoms with E-state index in [9.17, 15) is 13.2 Å². The number of benzene rings is 3. The molecular formula is C26H29N3O5S2. The zero-order chi connectivity index (χ0) is 26.3. The molecule has 0 aliphatic rings. The summed E-state index contributed by atoms with van der Waals surface area (Å²) in [6.45, 7) is 3.18. The molecule has 0 aliphatic heterocycles. The minimum absolute atomic E-state index is 0.0960. The monoisotopic (exact) mass is 527 g/mol. The van der Waals surface area contributed by atoms with Crippen LogP contribution in [0.15, 0.2) is 81.6 Å². The third kappa shape index (κ3) is 6.38. The number of carbonyl (C=O) groups excluding carboxylic acids is 1. The number of ether oxygens (including phenoxy) is 2. The fourth-order valence-corrected chi connectivity index (χ4v) is 5.17. The molecule has 3 aromatic rings. The Hall–Kier alpha value is -3.50. The van der Waals surface area contributed by atoms with Crippen molar-refractivity contribution in [1.82, 2.24) is 5.43 Å². The number of sulfonamides is 1. The van der Waals surface area contributed by atoms with Crippen LogP contribution >= 0.6 is 11.8 Å². The Morgan fingerprint density at radius 3 is 2.19 bits per heavy atom. The van der Waals surface area contributed by atoms with Crippen molar-refractivity contribution in [2.24, 2.45) is 5.10 Å². The highest BCUT2D eigenvalue weighted by Crippen LogP contribution is 2.28. The number of hydrogen-bond acceptors (Lipinski definition) is 7. The summed E-state index contributed by atoms with van der Waals surface area (Å²) in [4.78, 5) is 13.9. The van der Waals surface area contributed by atoms with Crippen LogP contribution < -0.4 is 19.2 Å². The second-order valence-electron chi connectivity index (χ2n) is 7.82. The molecule has 0 unspecified atom stereocenters. The van der Waals surface area contributed by atoms with Crippen molar-refractivity contribution >= 4 is 39.1 Å². The lowest BCUT2D eigenvalue weighted by molar-refractivity contribution is -0.119. The molecule has 0 spiro atoms. The fraction of sp³-hybridized carbons (Fsp3) is 0.231. The van der Waals surface area contributed by atoms with Gasteiger partial charge in [0.1, 0.15) is 6.54 Å². The molecule has 36 heavy (non-hydrogen) atoms. The van der Waals surface area contributed by atoms with Gasteiger partial charge in [0.25, 0.3) is 15.9 Å². The van der Waals surface area contributed by atoms with E-state index >= 15 is 0 Å². The van der Waals surface area contributed by atoms with Crippen LogP contribution in [0.2, 0.25) is 0 Å². The van der Waals surface area contributed by atoms with E-state index in [0.717, 1.165) is 14.8 Å². The maximum atomic E-state index is 13.5. The maximum Gasteiger partial charge on any atom is 0.264 e. The van der Waals surface area contributed by atoms with Crippen LogP contribution in [-0.4, -0.2) is 47.1 Å². The van der Waals surface area contributed by atoms with Crippen molar-refractivity contribution in [1.29, 1.82) is 0 Å². The number of rotatable bonds is 10. The van der Waals surface area contributed by atoms with Crippen molar-refractivity contribution in [3.63, 3.8) is 0 Å². The van der Waals surface area contributed by atoms with E-state index in [0.29, 0.717) is 28.5 Å². The lowest BCUT2D eigenvalue weighted by Crippen LogP contribution is -2.39. The molecule has 0 fully saturated rings. The van der Waals surface area contributed by atoms with Crippen LogP contribution in [0.25, 0.3) is 0 Å². The van der Waals surface area contributed by atoms with Crippen LogP contribution in [0.5, 0.6) is 11.5 Å². The number of methoxy groups -OCH3 is 2. The molecule has 1 N–H and O–H groups in total. The van der Waals surface area contributed by atoms with Gasteiger partial charge in [-0.25, -0.2) is 13.8 Å². The summed E-state index contributed by atoms with van der Waals surface area (Å²) in [7, 11) is -0.932. The van der Waals surface area contributed by atoms with Gasteiger partial charge < -0.3 is 9.47 Å². The van der Waals surface area contributed by atoms with E-state index in [2.05, 4.69) is 10.5 Å². The number of carbonyl (C=O) groups is 1. The Labute approximate surface area is 216 Å². The standard InChI is InChI=1S/C26H29N3O5S2/c1-18-6-9-21(10-7-18)29(36(31,32)23-13-11-22(35-5)12-14-23)17-26(30)28-27-19(2)20-8-15-24(33-3)25(16-20)34-4/h6-16H,17H2,1-5H3,(H,28,30)/b27-19-. The lowest BCUT2D eigenvalue weighted by atomic mass is 10.1. The molecule has 0 radical (unpaired) electrons. The fourth-order valence-electron chi connectivity index (χ4n) is 3.34. The van der Waals surface area contributed by atoms with Gasteiger partial charge in [0.2, 0.25) is 0 Å². The minimum atomic E-state index is -4.01. The zero-order valence-electron chi connectivity index (χ0n) is 20.8. The van der Waals surface area contributed by atoms with Crippen molar-refractivity contribution in [3.8, 4) is 11.5 Å². The molecule has 0 bridgehead atoms. The molecule has 3 rings (SSSR count). The van der Waals surface area contributed by atoms with Gasteiger partial charge >= 0.3 is 0 Å². The summed E-state index contributed by atoms with van der Waals surface area (Å²) in [5.74, 6) is 0.516. The number of hydrogen-bond donors (Lipinski definition) is 1. The van der Waals surface area contributed by atoms with Crippen molar-refractivity contribution in [3.05, 3.63) is 77.9 Å². The molecular weight excluding hydrogens is 498 g/mol. The van der Waals surface area contributed by atoms with Gasteiger partial charge in [-0.05, 0) is 74.7 Å². The Kier molecular flexibility index (Phi) is 9.00. The van der Waals surface area contributed by atoms with Crippen LogP contribution in [0.3, 0.4) is 0 Å². The number of nitrogens with zero attached hydrogens (tertiary/aromatic N) is 2. The number of aryl methyl sites for hydroxylation is 1. The third-order valence-corrected chi connectivity index (χ3v) is 7.94. The van der Waals surface area contributed by atoms with Crippen molar-refractivity contribution in [2.75, 3.05) is 31.3 Å². The SMILES string of the molecule is COc1ccc(/C(C)=N\NC(=O)CN(c2ccc(C)cc2)S(=O)(=O)c2ccc(SC)cc2)cc1OC. The molecule has 0 atom stereocenters. The first-order valence-corrected chi connectivity index (χ1v) is 13.6. The lowest BCUT2D eigenvalue weighted by Gasteiger charge is -2.24. The summed E-state index contributed by atoms with van der Waals surface area (Å²) >= 11 is 1.51. The molecule has 0 heterocycles. The van der Waals surface area contributed by atoms with Crippen LogP contribution in [0, 0.1) is 6.92 Å². The number of amides is 1. The van der Waals surface area contributed by atoms with Crippen molar-refractivity contribution < 1.29 is 22.7 Å². The average Bonchev–Trinajstić information content (AvgIpc) is 2.90. The molecule has 190 valence electrons. The highest BCUT2D eigenvalue weighted by atomic mass is 32.2. The normalized spacial score (nSPS) is 11.6. The number of anilines is 1. The molecule has 0 saturated heterocycles. The van der Waals surface area contributed by atoms with Crippen LogP contribution in [0.4, 0.5) is 5.69 Å². The topological polar surface area (TPSA) is 97.3 Å². The van der Waals surface area contributed by atoms with Gasteiger partial charge in [-0.1, -0.05) is 17.7 Å². The molecule has 10 heteroatoms. The highest BCUT2D eigenvalue weighted by molar-refractivity contribution is 7.98. The maximum absolute atomic E-state index is 13.5. The predicted molar refractivity (Wildman–Crippen MR) is 144 cm³/mol. The Balaban J connectivity index is 1.86. The largest absolute Gasteiger partial charge is 0.493 e. The second kappa shape index (κ2) is 12.0. The molecule has 3 aromatic carbocycles. The van der Waals surface area contributed by atoms with E-state index in [1.165, 1.54) is 18.9 Å². The van der Waals surface area contributed by atoms with Gasteiger partial charge in [0.05, 0.1) is 30.5 Å². The first-order valence-electron chi connectivity index (χ1n) is 11.0. The molecule has 0 saturated carbocycles. The molecule has 0 aliphatic carbocycles. The smallest absolute Gasteiger partial charge is 0.264 e. The summed E-state index contributed by atoms with van der Waals surface area (Å²) in [5.41, 5.74) is 5.05. The number of nitrogens with one attached hydrogen (secondary N) is 1. The quantitative estimate of drug-likeness (QED) is 0.237. The van der Waals surface area contributed by atoms with Gasteiger partial charge in [-0.3, -0.25) is 9.10 Å². The van der Waals surface area contributed by atoms with Crippen molar-refractivity contribution in [2.45, 2.75) is 23.6 Å². The van der Waals surface area contributed by atoms with E-state index in [-0.39, 0.29) is 4.90 Å². The second-order valence-corrected chi connectivity index (χ2v) is 10.6. The van der Waals surface area contributed by atoms with Gasteiger partial charge in [0.15, 0.2) is 11.5 Å². The summed E-state index contributed by atoms with van der Waals surface area (Å²) in [5, 5.41) is 4.16. The molecule has 0 aromatic heterocycles. The third-order valence-electron chi connectivity index (χ3n) is 5.41. The van der Waals surface area contributed by atoms with E-state index in [4.69, 9.17) is 9.47 Å². The Morgan fingerprint density at radius 2 is 1.61 bits per heavy atom. The zero-order valence-corrected chi connectivity index (χ0v) is 22.4. The Morgan fingerprint density at radius 1 is 0.972 bits per heavy atom. The van der Waals surface area contributed by atoms with Crippen LogP contribution in [0.1, 0.15) is 18.1 Å². The summed E-state index contributed by atoms with van der Waals surface area (Å²) in [6.07, 6.45) is 1.91. The number of hydrazone groups is 1. The molecule has 8 nitrogen and oxygen atoms in total. The van der Waals surface area contributed by atoms with E-state index in [1.54, 1.807) is 80.8 Å². The average molecular weight is 528 g/mol. The predicted octanol–water partition coefficient (Wildman–Crippen LogP) is 4.47. The van der Waals surface area contributed by atoms with Gasteiger partial charge in [-0.15, -0.1) is 11.8 Å². The highest BCUT2D eigenvalue weighted by Gasteiger charge is 2.27. The van der Waals surface area contributed by atoms with Crippen LogP contribution in [-0.2, 0) is 14.8 Å².